The van der Waals surface area contributed by atoms with Crippen molar-refractivity contribution in [3.63, 3.8) is 0 Å². The minimum Gasteiger partial charge on any atom is -0.377 e. The Morgan fingerprint density at radius 2 is 2.04 bits per heavy atom. The summed E-state index contributed by atoms with van der Waals surface area (Å²) in [6.07, 6.45) is 7.64. The minimum atomic E-state index is -3.50. The molecule has 0 saturated carbocycles. The summed E-state index contributed by atoms with van der Waals surface area (Å²) in [4.78, 5) is 3.82. The van der Waals surface area contributed by atoms with E-state index in [1.165, 1.54) is 30.5 Å². The molecule has 0 radical (unpaired) electrons. The van der Waals surface area contributed by atoms with Gasteiger partial charge in [-0.2, -0.15) is 0 Å². The van der Waals surface area contributed by atoms with Gasteiger partial charge in [0.1, 0.15) is 0 Å². The molecule has 1 aliphatic carbocycles. The van der Waals surface area contributed by atoms with Crippen molar-refractivity contribution in [3.8, 4) is 0 Å². The summed E-state index contributed by atoms with van der Waals surface area (Å²) in [6.45, 7) is 1.08. The standard InChI is InChI=1S/C18H24N2O3S/c21-24(22,19-12-13-5-4-10-23-13)14-8-9-18-16(11-14)15-6-2-1-3-7-17(15)20-18/h8-9,11,13,19-20H,1-7,10,12H2. The van der Waals surface area contributed by atoms with Crippen molar-refractivity contribution in [2.45, 2.75) is 55.9 Å². The van der Waals surface area contributed by atoms with Crippen molar-refractivity contribution in [3.05, 3.63) is 29.5 Å². The van der Waals surface area contributed by atoms with E-state index in [0.29, 0.717) is 11.4 Å². The van der Waals surface area contributed by atoms with Crippen LogP contribution in [0.2, 0.25) is 0 Å². The number of aromatic nitrogens is 1. The summed E-state index contributed by atoms with van der Waals surface area (Å²) in [6, 6.07) is 5.41. The quantitative estimate of drug-likeness (QED) is 0.835. The fraction of sp³-hybridized carbons (Fsp3) is 0.556. The number of hydrogen-bond acceptors (Lipinski definition) is 3. The number of sulfonamides is 1. The zero-order chi connectivity index (χ0) is 16.6. The number of H-pyrrole nitrogens is 1. The third kappa shape index (κ3) is 3.10. The first kappa shape index (κ1) is 16.1. The molecule has 0 bridgehead atoms. The molecule has 2 heterocycles. The van der Waals surface area contributed by atoms with E-state index in [1.807, 2.05) is 12.1 Å². The predicted octanol–water partition coefficient (Wildman–Crippen LogP) is 2.89. The second kappa shape index (κ2) is 6.50. The summed E-state index contributed by atoms with van der Waals surface area (Å²) in [5, 5.41) is 1.06. The van der Waals surface area contributed by atoms with E-state index < -0.39 is 10.0 Å². The normalized spacial score (nSPS) is 21.8. The second-order valence-corrected chi connectivity index (χ2v) is 8.60. The molecule has 1 aromatic heterocycles. The van der Waals surface area contributed by atoms with Gasteiger partial charge in [0.15, 0.2) is 0 Å². The highest BCUT2D eigenvalue weighted by Crippen LogP contribution is 2.30. The molecule has 1 fully saturated rings. The smallest absolute Gasteiger partial charge is 0.240 e. The lowest BCUT2D eigenvalue weighted by Crippen LogP contribution is -2.31. The van der Waals surface area contributed by atoms with E-state index in [9.17, 15) is 8.42 Å². The monoisotopic (exact) mass is 348 g/mol. The Labute approximate surface area is 142 Å². The van der Waals surface area contributed by atoms with Crippen molar-refractivity contribution in [1.29, 1.82) is 0 Å². The highest BCUT2D eigenvalue weighted by atomic mass is 32.2. The van der Waals surface area contributed by atoms with Gasteiger partial charge in [-0.25, -0.2) is 13.1 Å². The van der Waals surface area contributed by atoms with Crippen LogP contribution in [0.5, 0.6) is 0 Å². The van der Waals surface area contributed by atoms with Crippen LogP contribution in [0, 0.1) is 0 Å². The van der Waals surface area contributed by atoms with E-state index in [-0.39, 0.29) is 6.10 Å². The highest BCUT2D eigenvalue weighted by Gasteiger charge is 2.22. The van der Waals surface area contributed by atoms with Gasteiger partial charge in [0, 0.05) is 29.7 Å². The van der Waals surface area contributed by atoms with Gasteiger partial charge in [-0.15, -0.1) is 0 Å². The number of nitrogens with one attached hydrogen (secondary N) is 2. The Morgan fingerprint density at radius 3 is 2.88 bits per heavy atom. The third-order valence-corrected chi connectivity index (χ3v) is 6.58. The Hall–Kier alpha value is -1.37. The molecule has 1 saturated heterocycles. The molecule has 1 atom stereocenters. The van der Waals surface area contributed by atoms with Crippen molar-refractivity contribution < 1.29 is 13.2 Å². The van der Waals surface area contributed by atoms with Crippen LogP contribution in [-0.4, -0.2) is 32.7 Å². The largest absolute Gasteiger partial charge is 0.377 e. The first-order valence-corrected chi connectivity index (χ1v) is 10.4. The first-order valence-electron chi connectivity index (χ1n) is 8.88. The van der Waals surface area contributed by atoms with Crippen LogP contribution in [0.3, 0.4) is 0 Å². The van der Waals surface area contributed by atoms with Gasteiger partial charge in [0.2, 0.25) is 10.0 Å². The molecule has 0 spiro atoms. The van der Waals surface area contributed by atoms with Gasteiger partial charge in [0.25, 0.3) is 0 Å². The molecule has 1 aliphatic heterocycles. The van der Waals surface area contributed by atoms with E-state index in [1.54, 1.807) is 6.07 Å². The maximum Gasteiger partial charge on any atom is 0.240 e. The van der Waals surface area contributed by atoms with E-state index in [2.05, 4.69) is 9.71 Å². The van der Waals surface area contributed by atoms with Gasteiger partial charge >= 0.3 is 0 Å². The van der Waals surface area contributed by atoms with Gasteiger partial charge in [-0.1, -0.05) is 6.42 Å². The number of aromatic amines is 1. The number of rotatable bonds is 4. The number of aryl methyl sites for hydroxylation is 2. The second-order valence-electron chi connectivity index (χ2n) is 6.84. The lowest BCUT2D eigenvalue weighted by atomic mass is 10.1. The Morgan fingerprint density at radius 1 is 1.17 bits per heavy atom. The summed E-state index contributed by atoms with van der Waals surface area (Å²) < 4.78 is 33.4. The zero-order valence-electron chi connectivity index (χ0n) is 13.8. The molecule has 0 amide bonds. The van der Waals surface area contributed by atoms with Crippen molar-refractivity contribution >= 4 is 20.9 Å². The molecule has 2 aliphatic rings. The van der Waals surface area contributed by atoms with Crippen molar-refractivity contribution in [2.24, 2.45) is 0 Å². The molecule has 1 unspecified atom stereocenters. The summed E-state index contributed by atoms with van der Waals surface area (Å²) in [5.74, 6) is 0. The zero-order valence-corrected chi connectivity index (χ0v) is 14.6. The Kier molecular flexibility index (Phi) is 4.37. The molecule has 24 heavy (non-hydrogen) atoms. The fourth-order valence-corrected chi connectivity index (χ4v) is 4.91. The number of ether oxygens (including phenoxy) is 1. The summed E-state index contributed by atoms with van der Waals surface area (Å²) in [5.41, 5.74) is 3.63. The van der Waals surface area contributed by atoms with Crippen LogP contribution in [-0.2, 0) is 27.6 Å². The molecule has 4 rings (SSSR count). The number of benzene rings is 1. The SMILES string of the molecule is O=S(=O)(NCC1CCCO1)c1ccc2[nH]c3c(c2c1)CCCCC3. The average molecular weight is 348 g/mol. The van der Waals surface area contributed by atoms with E-state index in [4.69, 9.17) is 4.74 Å². The maximum absolute atomic E-state index is 12.6. The molecular formula is C18H24N2O3S. The molecule has 6 heteroatoms. The molecule has 2 N–H and O–H groups in total. The molecule has 2 aromatic rings. The number of hydrogen-bond donors (Lipinski definition) is 2. The highest BCUT2D eigenvalue weighted by molar-refractivity contribution is 7.89. The summed E-state index contributed by atoms with van der Waals surface area (Å²) >= 11 is 0. The third-order valence-electron chi connectivity index (χ3n) is 5.15. The van der Waals surface area contributed by atoms with Crippen LogP contribution >= 0.6 is 0 Å². The van der Waals surface area contributed by atoms with Gasteiger partial charge in [0.05, 0.1) is 11.0 Å². The van der Waals surface area contributed by atoms with Crippen LogP contribution in [0.15, 0.2) is 23.1 Å². The van der Waals surface area contributed by atoms with Crippen molar-refractivity contribution in [1.82, 2.24) is 9.71 Å². The predicted molar refractivity (Wildman–Crippen MR) is 93.7 cm³/mol. The Balaban J connectivity index is 1.62. The number of fused-ring (bicyclic) bond motifs is 3. The fourth-order valence-electron chi connectivity index (χ4n) is 3.82. The molecule has 5 nitrogen and oxygen atoms in total. The van der Waals surface area contributed by atoms with Crippen LogP contribution < -0.4 is 4.72 Å². The Bertz CT molecular complexity index is 835. The lowest BCUT2D eigenvalue weighted by molar-refractivity contribution is 0.114. The van der Waals surface area contributed by atoms with Crippen LogP contribution in [0.1, 0.15) is 43.4 Å². The maximum atomic E-state index is 12.6. The van der Waals surface area contributed by atoms with Gasteiger partial charge < -0.3 is 9.72 Å². The van der Waals surface area contributed by atoms with Gasteiger partial charge in [-0.3, -0.25) is 0 Å². The minimum absolute atomic E-state index is 0.00652. The van der Waals surface area contributed by atoms with E-state index in [0.717, 1.165) is 43.2 Å². The molecule has 1 aromatic carbocycles. The van der Waals surface area contributed by atoms with E-state index >= 15 is 0 Å². The first-order chi connectivity index (χ1) is 11.6. The van der Waals surface area contributed by atoms with Crippen molar-refractivity contribution in [2.75, 3.05) is 13.2 Å². The summed E-state index contributed by atoms with van der Waals surface area (Å²) in [7, 11) is -3.50. The van der Waals surface area contributed by atoms with Crippen LogP contribution in [0.4, 0.5) is 0 Å². The van der Waals surface area contributed by atoms with Crippen LogP contribution in [0.25, 0.3) is 10.9 Å². The topological polar surface area (TPSA) is 71.2 Å². The molecular weight excluding hydrogens is 324 g/mol. The molecule has 130 valence electrons. The average Bonchev–Trinajstić information content (AvgIpc) is 3.15. The van der Waals surface area contributed by atoms with Gasteiger partial charge in [-0.05, 0) is 62.3 Å². The lowest BCUT2D eigenvalue weighted by Gasteiger charge is -2.11.